The molecule has 0 spiro atoms. The summed E-state index contributed by atoms with van der Waals surface area (Å²) in [4.78, 5) is 2.72. The minimum absolute atomic E-state index is 0.262. The number of likely N-dealkylation sites (N-methyl/N-ethyl adjacent to an activating group) is 1. The Labute approximate surface area is 102 Å². The fourth-order valence-electron chi connectivity index (χ4n) is 2.97. The third-order valence-corrected chi connectivity index (χ3v) is 3.62. The van der Waals surface area contributed by atoms with Crippen LogP contribution in [0.3, 0.4) is 0 Å². The lowest BCUT2D eigenvalue weighted by Crippen LogP contribution is -2.53. The molecule has 2 heteroatoms. The van der Waals surface area contributed by atoms with Crippen molar-refractivity contribution in [2.45, 2.75) is 71.4 Å². The van der Waals surface area contributed by atoms with Crippen LogP contribution in [0.5, 0.6) is 0 Å². The maximum atomic E-state index is 3.59. The molecular formula is C14H30N2. The van der Waals surface area contributed by atoms with Gasteiger partial charge in [-0.25, -0.2) is 0 Å². The minimum Gasteiger partial charge on any atom is -0.311 e. The van der Waals surface area contributed by atoms with E-state index < -0.39 is 0 Å². The van der Waals surface area contributed by atoms with Crippen molar-refractivity contribution in [2.24, 2.45) is 0 Å². The molecule has 0 aromatic carbocycles. The van der Waals surface area contributed by atoms with Crippen LogP contribution in [0.25, 0.3) is 0 Å². The standard InChI is InChI=1S/C14H30N2/c1-5-9-13-10-7-8-11-16(13)12-14(3,4)15-6-2/h13,15H,5-12H2,1-4H3. The number of likely N-dealkylation sites (tertiary alicyclic amines) is 1. The van der Waals surface area contributed by atoms with Crippen LogP contribution in [-0.4, -0.2) is 36.1 Å². The van der Waals surface area contributed by atoms with Gasteiger partial charge in [0.15, 0.2) is 0 Å². The van der Waals surface area contributed by atoms with Crippen molar-refractivity contribution < 1.29 is 0 Å². The normalized spacial score (nSPS) is 23.6. The van der Waals surface area contributed by atoms with Gasteiger partial charge >= 0.3 is 0 Å². The Morgan fingerprint density at radius 3 is 2.62 bits per heavy atom. The van der Waals surface area contributed by atoms with E-state index in [1.807, 2.05) is 0 Å². The highest BCUT2D eigenvalue weighted by atomic mass is 15.2. The molecule has 1 saturated heterocycles. The fourth-order valence-corrected chi connectivity index (χ4v) is 2.97. The third kappa shape index (κ3) is 4.42. The molecule has 96 valence electrons. The van der Waals surface area contributed by atoms with Crippen LogP contribution in [0.2, 0.25) is 0 Å². The molecule has 0 aliphatic carbocycles. The molecule has 1 rings (SSSR count). The summed E-state index contributed by atoms with van der Waals surface area (Å²) in [5.74, 6) is 0. The molecule has 1 atom stereocenters. The predicted octanol–water partition coefficient (Wildman–Crippen LogP) is 3.03. The third-order valence-electron chi connectivity index (χ3n) is 3.62. The summed E-state index contributed by atoms with van der Waals surface area (Å²) in [5.41, 5.74) is 0.262. The van der Waals surface area contributed by atoms with Gasteiger partial charge in [0.2, 0.25) is 0 Å². The van der Waals surface area contributed by atoms with Crippen LogP contribution in [0.1, 0.15) is 59.8 Å². The van der Waals surface area contributed by atoms with Gasteiger partial charge in [-0.2, -0.15) is 0 Å². The Morgan fingerprint density at radius 2 is 2.00 bits per heavy atom. The number of nitrogens with zero attached hydrogens (tertiary/aromatic N) is 1. The number of hydrogen-bond donors (Lipinski definition) is 1. The average molecular weight is 226 g/mol. The minimum atomic E-state index is 0.262. The summed E-state index contributed by atoms with van der Waals surface area (Å²) in [6.07, 6.45) is 6.94. The van der Waals surface area contributed by atoms with Crippen molar-refractivity contribution in [2.75, 3.05) is 19.6 Å². The van der Waals surface area contributed by atoms with Gasteiger partial charge in [0.1, 0.15) is 0 Å². The van der Waals surface area contributed by atoms with E-state index in [0.29, 0.717) is 0 Å². The lowest BCUT2D eigenvalue weighted by atomic mass is 9.95. The van der Waals surface area contributed by atoms with Crippen molar-refractivity contribution in [1.82, 2.24) is 10.2 Å². The van der Waals surface area contributed by atoms with E-state index in [9.17, 15) is 0 Å². The monoisotopic (exact) mass is 226 g/mol. The fraction of sp³-hybridized carbons (Fsp3) is 1.00. The Kier molecular flexibility index (Phi) is 5.77. The van der Waals surface area contributed by atoms with Gasteiger partial charge in [-0.3, -0.25) is 4.90 Å². The van der Waals surface area contributed by atoms with E-state index in [4.69, 9.17) is 0 Å². The zero-order valence-corrected chi connectivity index (χ0v) is 11.7. The molecule has 0 amide bonds. The summed E-state index contributed by atoms with van der Waals surface area (Å²) in [6, 6.07) is 0.844. The van der Waals surface area contributed by atoms with E-state index in [1.54, 1.807) is 0 Å². The van der Waals surface area contributed by atoms with Crippen molar-refractivity contribution in [3.63, 3.8) is 0 Å². The predicted molar refractivity (Wildman–Crippen MR) is 71.9 cm³/mol. The van der Waals surface area contributed by atoms with Crippen LogP contribution >= 0.6 is 0 Å². The highest BCUT2D eigenvalue weighted by molar-refractivity contribution is 4.86. The summed E-state index contributed by atoms with van der Waals surface area (Å²) in [7, 11) is 0. The number of nitrogens with one attached hydrogen (secondary N) is 1. The SMILES string of the molecule is CCCC1CCCCN1CC(C)(C)NCC. The zero-order valence-electron chi connectivity index (χ0n) is 11.7. The maximum Gasteiger partial charge on any atom is 0.0252 e. The topological polar surface area (TPSA) is 15.3 Å². The van der Waals surface area contributed by atoms with Gasteiger partial charge in [-0.05, 0) is 46.2 Å². The Hall–Kier alpha value is -0.0800. The van der Waals surface area contributed by atoms with Crippen molar-refractivity contribution in [1.29, 1.82) is 0 Å². The molecule has 1 unspecified atom stereocenters. The molecule has 1 aliphatic heterocycles. The molecule has 0 saturated carbocycles. The van der Waals surface area contributed by atoms with Gasteiger partial charge in [0.25, 0.3) is 0 Å². The van der Waals surface area contributed by atoms with Gasteiger partial charge in [0.05, 0.1) is 0 Å². The smallest absolute Gasteiger partial charge is 0.0252 e. The van der Waals surface area contributed by atoms with E-state index in [2.05, 4.69) is 37.9 Å². The zero-order chi connectivity index (χ0) is 12.0. The van der Waals surface area contributed by atoms with Gasteiger partial charge < -0.3 is 5.32 Å². The summed E-state index contributed by atoms with van der Waals surface area (Å²) >= 11 is 0. The largest absolute Gasteiger partial charge is 0.311 e. The number of piperidine rings is 1. The molecular weight excluding hydrogens is 196 g/mol. The van der Waals surface area contributed by atoms with Crippen LogP contribution < -0.4 is 5.32 Å². The first kappa shape index (κ1) is 14.0. The lowest BCUT2D eigenvalue weighted by molar-refractivity contribution is 0.105. The van der Waals surface area contributed by atoms with Gasteiger partial charge in [-0.1, -0.05) is 26.7 Å². The highest BCUT2D eigenvalue weighted by Gasteiger charge is 2.27. The highest BCUT2D eigenvalue weighted by Crippen LogP contribution is 2.22. The molecule has 0 aromatic rings. The van der Waals surface area contributed by atoms with Crippen LogP contribution in [0.4, 0.5) is 0 Å². The van der Waals surface area contributed by atoms with E-state index >= 15 is 0 Å². The quantitative estimate of drug-likeness (QED) is 0.749. The van der Waals surface area contributed by atoms with Gasteiger partial charge in [0, 0.05) is 18.1 Å². The molecule has 0 radical (unpaired) electrons. The number of rotatable bonds is 6. The van der Waals surface area contributed by atoms with Crippen molar-refractivity contribution >= 4 is 0 Å². The molecule has 0 aromatic heterocycles. The first-order valence-corrected chi connectivity index (χ1v) is 7.08. The summed E-state index contributed by atoms with van der Waals surface area (Å²) in [6.45, 7) is 12.7. The molecule has 2 nitrogen and oxygen atoms in total. The maximum absolute atomic E-state index is 3.59. The first-order chi connectivity index (χ1) is 7.59. The Balaban J connectivity index is 2.48. The molecule has 1 heterocycles. The van der Waals surface area contributed by atoms with Crippen LogP contribution in [0.15, 0.2) is 0 Å². The van der Waals surface area contributed by atoms with E-state index in [1.165, 1.54) is 45.2 Å². The van der Waals surface area contributed by atoms with E-state index in [-0.39, 0.29) is 5.54 Å². The Morgan fingerprint density at radius 1 is 1.25 bits per heavy atom. The van der Waals surface area contributed by atoms with Crippen LogP contribution in [0, 0.1) is 0 Å². The second-order valence-corrected chi connectivity index (χ2v) is 5.82. The first-order valence-electron chi connectivity index (χ1n) is 7.08. The summed E-state index contributed by atoms with van der Waals surface area (Å²) in [5, 5.41) is 3.59. The second-order valence-electron chi connectivity index (χ2n) is 5.82. The summed E-state index contributed by atoms with van der Waals surface area (Å²) < 4.78 is 0. The molecule has 1 N–H and O–H groups in total. The lowest BCUT2D eigenvalue weighted by Gasteiger charge is -2.41. The van der Waals surface area contributed by atoms with Gasteiger partial charge in [-0.15, -0.1) is 0 Å². The molecule has 16 heavy (non-hydrogen) atoms. The van der Waals surface area contributed by atoms with Crippen LogP contribution in [-0.2, 0) is 0 Å². The van der Waals surface area contributed by atoms with E-state index in [0.717, 1.165) is 12.6 Å². The molecule has 1 fully saturated rings. The number of hydrogen-bond acceptors (Lipinski definition) is 2. The van der Waals surface area contributed by atoms with Crippen molar-refractivity contribution in [3.05, 3.63) is 0 Å². The average Bonchev–Trinajstić information content (AvgIpc) is 2.20. The second kappa shape index (κ2) is 6.61. The van der Waals surface area contributed by atoms with Crippen molar-refractivity contribution in [3.8, 4) is 0 Å². The molecule has 1 aliphatic rings. The molecule has 0 bridgehead atoms. The Bertz CT molecular complexity index is 187.